The maximum absolute atomic E-state index is 13.2. The number of amides is 1. The van der Waals surface area contributed by atoms with Gasteiger partial charge in [-0.2, -0.15) is 4.98 Å². The molecule has 2 aliphatic heterocycles. The molecular weight excluding hydrogens is 374 g/mol. The number of aryl methyl sites for hydroxylation is 1. The molecule has 4 rings (SSSR count). The van der Waals surface area contributed by atoms with Crippen molar-refractivity contribution in [2.45, 2.75) is 45.4 Å². The zero-order valence-corrected chi connectivity index (χ0v) is 18.3. The lowest BCUT2D eigenvalue weighted by atomic mass is 9.95. The Labute approximate surface area is 179 Å². The monoisotopic (exact) mass is 407 g/mol. The number of aromatic nitrogens is 2. The third-order valence-corrected chi connectivity index (χ3v) is 6.29. The number of carbonyl (C=O) groups is 1. The number of carbonyl (C=O) groups excluding carboxylic acids is 1. The summed E-state index contributed by atoms with van der Waals surface area (Å²) < 4.78 is 0. The average molecular weight is 408 g/mol. The minimum absolute atomic E-state index is 0.0568. The number of piperazine rings is 1. The summed E-state index contributed by atoms with van der Waals surface area (Å²) in [4.78, 5) is 29.4. The molecule has 0 saturated carbocycles. The van der Waals surface area contributed by atoms with Crippen LogP contribution in [0.25, 0.3) is 0 Å². The first-order valence-electron chi connectivity index (χ1n) is 11.3. The van der Waals surface area contributed by atoms with Gasteiger partial charge in [0.25, 0.3) is 0 Å². The molecule has 0 aliphatic carbocycles. The van der Waals surface area contributed by atoms with Crippen molar-refractivity contribution in [1.82, 2.24) is 14.9 Å². The van der Waals surface area contributed by atoms with Crippen LogP contribution in [0, 0.1) is 6.92 Å². The van der Waals surface area contributed by atoms with Crippen LogP contribution in [-0.4, -0.2) is 60.0 Å². The van der Waals surface area contributed by atoms with Crippen molar-refractivity contribution in [1.29, 1.82) is 0 Å². The molecule has 30 heavy (non-hydrogen) atoms. The fraction of sp³-hybridized carbons (Fsp3) is 0.542. The van der Waals surface area contributed by atoms with Gasteiger partial charge in [-0.1, -0.05) is 37.3 Å². The second kappa shape index (κ2) is 9.45. The quantitative estimate of drug-likeness (QED) is 0.758. The molecule has 0 N–H and O–H groups in total. The van der Waals surface area contributed by atoms with Gasteiger partial charge in [-0.05, 0) is 38.2 Å². The fourth-order valence-corrected chi connectivity index (χ4v) is 4.55. The van der Waals surface area contributed by atoms with Gasteiger partial charge < -0.3 is 14.7 Å². The molecule has 2 saturated heterocycles. The van der Waals surface area contributed by atoms with Crippen molar-refractivity contribution in [2.75, 3.05) is 49.1 Å². The molecule has 2 fully saturated rings. The number of hydrogen-bond acceptors (Lipinski definition) is 5. The molecule has 2 aliphatic rings. The van der Waals surface area contributed by atoms with E-state index >= 15 is 0 Å². The van der Waals surface area contributed by atoms with Crippen LogP contribution >= 0.6 is 0 Å². The van der Waals surface area contributed by atoms with Crippen LogP contribution in [0.3, 0.4) is 0 Å². The highest BCUT2D eigenvalue weighted by Crippen LogP contribution is 2.25. The molecule has 160 valence electrons. The van der Waals surface area contributed by atoms with Crippen LogP contribution in [0.1, 0.15) is 49.8 Å². The SMILES string of the molecule is CCC(C(=O)N1CCN(c2nc(C)cc(N3CCCCC3)n2)CC1)c1ccccc1. The highest BCUT2D eigenvalue weighted by molar-refractivity contribution is 5.84. The summed E-state index contributed by atoms with van der Waals surface area (Å²) in [6.45, 7) is 9.29. The molecule has 6 nitrogen and oxygen atoms in total. The van der Waals surface area contributed by atoms with Gasteiger partial charge in [-0.25, -0.2) is 4.98 Å². The largest absolute Gasteiger partial charge is 0.356 e. The van der Waals surface area contributed by atoms with Crippen molar-refractivity contribution >= 4 is 17.7 Å². The van der Waals surface area contributed by atoms with Gasteiger partial charge in [0.1, 0.15) is 5.82 Å². The molecule has 2 aromatic rings. The van der Waals surface area contributed by atoms with Crippen molar-refractivity contribution < 1.29 is 4.79 Å². The molecule has 1 aromatic carbocycles. The molecule has 0 radical (unpaired) electrons. The van der Waals surface area contributed by atoms with Gasteiger partial charge in [0, 0.05) is 51.0 Å². The first kappa shape index (κ1) is 20.6. The molecule has 3 heterocycles. The van der Waals surface area contributed by atoms with Crippen molar-refractivity contribution in [3.8, 4) is 0 Å². The van der Waals surface area contributed by atoms with Crippen LogP contribution in [-0.2, 0) is 4.79 Å². The van der Waals surface area contributed by atoms with E-state index in [0.29, 0.717) is 0 Å². The lowest BCUT2D eigenvalue weighted by Crippen LogP contribution is -2.50. The molecule has 0 bridgehead atoms. The van der Waals surface area contributed by atoms with E-state index in [0.717, 1.165) is 68.7 Å². The van der Waals surface area contributed by atoms with E-state index in [2.05, 4.69) is 34.9 Å². The maximum Gasteiger partial charge on any atom is 0.230 e. The van der Waals surface area contributed by atoms with Gasteiger partial charge >= 0.3 is 0 Å². The van der Waals surface area contributed by atoms with E-state index < -0.39 is 0 Å². The number of nitrogens with zero attached hydrogens (tertiary/aromatic N) is 5. The van der Waals surface area contributed by atoms with Gasteiger partial charge in [0.15, 0.2) is 0 Å². The van der Waals surface area contributed by atoms with Crippen LogP contribution < -0.4 is 9.80 Å². The molecule has 0 spiro atoms. The zero-order chi connectivity index (χ0) is 20.9. The number of hydrogen-bond donors (Lipinski definition) is 0. The Bertz CT molecular complexity index is 842. The Balaban J connectivity index is 1.42. The second-order valence-electron chi connectivity index (χ2n) is 8.40. The smallest absolute Gasteiger partial charge is 0.230 e. The first-order valence-corrected chi connectivity index (χ1v) is 11.3. The Kier molecular flexibility index (Phi) is 6.50. The second-order valence-corrected chi connectivity index (χ2v) is 8.40. The molecule has 1 aromatic heterocycles. The first-order chi connectivity index (χ1) is 14.7. The van der Waals surface area contributed by atoms with E-state index in [9.17, 15) is 4.79 Å². The molecule has 1 atom stereocenters. The van der Waals surface area contributed by atoms with Crippen LogP contribution in [0.4, 0.5) is 11.8 Å². The van der Waals surface area contributed by atoms with Crippen molar-refractivity contribution in [2.24, 2.45) is 0 Å². The van der Waals surface area contributed by atoms with E-state index in [-0.39, 0.29) is 11.8 Å². The summed E-state index contributed by atoms with van der Waals surface area (Å²) >= 11 is 0. The number of piperidine rings is 1. The molecule has 6 heteroatoms. The molecular formula is C24H33N5O. The van der Waals surface area contributed by atoms with E-state index in [1.807, 2.05) is 30.0 Å². The summed E-state index contributed by atoms with van der Waals surface area (Å²) in [5.74, 6) is 2.03. The highest BCUT2D eigenvalue weighted by atomic mass is 16.2. The van der Waals surface area contributed by atoms with Crippen molar-refractivity contribution in [3.05, 3.63) is 47.7 Å². The Hall–Kier alpha value is -2.63. The van der Waals surface area contributed by atoms with Gasteiger partial charge in [-0.3, -0.25) is 4.79 Å². The predicted molar refractivity (Wildman–Crippen MR) is 121 cm³/mol. The standard InChI is InChI=1S/C24H33N5O/c1-3-21(20-10-6-4-7-11-20)23(30)28-14-16-29(17-15-28)24-25-19(2)18-22(26-24)27-12-8-5-9-13-27/h4,6-7,10-11,18,21H,3,5,8-9,12-17H2,1-2H3. The lowest BCUT2D eigenvalue weighted by Gasteiger charge is -2.37. The Morgan fingerprint density at radius 3 is 2.30 bits per heavy atom. The summed E-state index contributed by atoms with van der Waals surface area (Å²) in [5, 5.41) is 0. The third-order valence-electron chi connectivity index (χ3n) is 6.29. The fourth-order valence-electron chi connectivity index (χ4n) is 4.55. The minimum Gasteiger partial charge on any atom is -0.356 e. The highest BCUT2D eigenvalue weighted by Gasteiger charge is 2.28. The summed E-state index contributed by atoms with van der Waals surface area (Å²) in [5.41, 5.74) is 2.12. The van der Waals surface area contributed by atoms with Crippen LogP contribution in [0.5, 0.6) is 0 Å². The normalized spacial score (nSPS) is 18.4. The maximum atomic E-state index is 13.2. The number of benzene rings is 1. The van der Waals surface area contributed by atoms with E-state index in [1.54, 1.807) is 0 Å². The van der Waals surface area contributed by atoms with E-state index in [1.165, 1.54) is 19.3 Å². The summed E-state index contributed by atoms with van der Waals surface area (Å²) in [6, 6.07) is 12.2. The van der Waals surface area contributed by atoms with Gasteiger partial charge in [-0.15, -0.1) is 0 Å². The Morgan fingerprint density at radius 1 is 0.933 bits per heavy atom. The van der Waals surface area contributed by atoms with Crippen LogP contribution in [0.2, 0.25) is 0 Å². The topological polar surface area (TPSA) is 52.6 Å². The predicted octanol–water partition coefficient (Wildman–Crippen LogP) is 3.62. The third kappa shape index (κ3) is 4.58. The van der Waals surface area contributed by atoms with Crippen molar-refractivity contribution in [3.63, 3.8) is 0 Å². The average Bonchev–Trinajstić information content (AvgIpc) is 2.80. The lowest BCUT2D eigenvalue weighted by molar-refractivity contribution is -0.133. The molecule has 1 amide bonds. The van der Waals surface area contributed by atoms with E-state index in [4.69, 9.17) is 9.97 Å². The van der Waals surface area contributed by atoms with Crippen LogP contribution in [0.15, 0.2) is 36.4 Å². The number of anilines is 2. The minimum atomic E-state index is -0.0568. The van der Waals surface area contributed by atoms with Gasteiger partial charge in [0.2, 0.25) is 11.9 Å². The summed E-state index contributed by atoms with van der Waals surface area (Å²) in [6.07, 6.45) is 4.60. The summed E-state index contributed by atoms with van der Waals surface area (Å²) in [7, 11) is 0. The Morgan fingerprint density at radius 2 is 1.63 bits per heavy atom. The molecule has 1 unspecified atom stereocenters. The number of rotatable bonds is 5. The van der Waals surface area contributed by atoms with Gasteiger partial charge in [0.05, 0.1) is 5.92 Å². The zero-order valence-electron chi connectivity index (χ0n) is 18.3.